The summed E-state index contributed by atoms with van der Waals surface area (Å²) < 4.78 is 2.79. The molecule has 0 unspecified atom stereocenters. The number of halogens is 1. The van der Waals surface area contributed by atoms with Crippen LogP contribution >= 0.6 is 15.9 Å². The van der Waals surface area contributed by atoms with Crippen molar-refractivity contribution in [3.63, 3.8) is 0 Å². The van der Waals surface area contributed by atoms with Gasteiger partial charge in [0.1, 0.15) is 4.60 Å². The van der Waals surface area contributed by atoms with E-state index in [1.54, 1.807) is 0 Å². The minimum Gasteiger partial charge on any atom is -0.231 e. The Morgan fingerprint density at radius 2 is 1.95 bits per heavy atom. The third kappa shape index (κ3) is 1.79. The van der Waals surface area contributed by atoms with Gasteiger partial charge < -0.3 is 0 Å². The van der Waals surface area contributed by atoms with Gasteiger partial charge in [-0.1, -0.05) is 12.1 Å². The van der Waals surface area contributed by atoms with Gasteiger partial charge in [-0.25, -0.2) is 9.50 Å². The average molecular weight is 328 g/mol. The maximum Gasteiger partial charge on any atom is 0.155 e. The third-order valence-electron chi connectivity index (χ3n) is 3.98. The Morgan fingerprint density at radius 3 is 2.85 bits per heavy atom. The van der Waals surface area contributed by atoms with Crippen molar-refractivity contribution < 1.29 is 0 Å². The van der Waals surface area contributed by atoms with E-state index in [1.165, 1.54) is 36.0 Å². The molecule has 1 aliphatic carbocycles. The molecule has 4 rings (SSSR count). The van der Waals surface area contributed by atoms with Crippen molar-refractivity contribution in [1.82, 2.24) is 14.6 Å². The van der Waals surface area contributed by atoms with E-state index in [0.717, 1.165) is 21.6 Å². The second-order valence-corrected chi connectivity index (χ2v) is 6.06. The highest BCUT2D eigenvalue weighted by molar-refractivity contribution is 9.10. The summed E-state index contributed by atoms with van der Waals surface area (Å²) in [6, 6.07) is 10.8. The number of rotatable bonds is 1. The number of nitrogens with zero attached hydrogens (tertiary/aromatic N) is 3. The molecule has 2 aromatic heterocycles. The Kier molecular flexibility index (Phi) is 2.67. The maximum atomic E-state index is 4.70. The van der Waals surface area contributed by atoms with Crippen LogP contribution in [0.15, 0.2) is 34.9 Å². The summed E-state index contributed by atoms with van der Waals surface area (Å²) in [5.41, 5.74) is 6.98. The molecule has 1 aromatic carbocycles. The normalized spacial score (nSPS) is 13.9. The largest absolute Gasteiger partial charge is 0.231 e. The van der Waals surface area contributed by atoms with Crippen molar-refractivity contribution >= 4 is 21.6 Å². The molecule has 0 atom stereocenters. The lowest BCUT2D eigenvalue weighted by Gasteiger charge is -2.05. The van der Waals surface area contributed by atoms with Gasteiger partial charge in [0.05, 0.1) is 11.4 Å². The van der Waals surface area contributed by atoms with Crippen LogP contribution in [0.4, 0.5) is 0 Å². The molecule has 3 nitrogen and oxygen atoms in total. The van der Waals surface area contributed by atoms with Crippen molar-refractivity contribution in [1.29, 1.82) is 0 Å². The Hall–Kier alpha value is -1.68. The Labute approximate surface area is 125 Å². The second-order valence-electron chi connectivity index (χ2n) is 5.31. The van der Waals surface area contributed by atoms with Gasteiger partial charge in [-0.05, 0) is 71.4 Å². The van der Waals surface area contributed by atoms with Crippen LogP contribution in [-0.4, -0.2) is 14.6 Å². The molecule has 0 N–H and O–H groups in total. The molecule has 0 spiro atoms. The lowest BCUT2D eigenvalue weighted by molar-refractivity contribution is 0.911. The number of aryl methyl sites for hydroxylation is 3. The Morgan fingerprint density at radius 1 is 1.10 bits per heavy atom. The standard InChI is InChI=1S/C16H14BrN3/c1-10-16(17)20-15(18-10)8-7-14(19-20)13-6-5-11-3-2-4-12(11)9-13/h5-9H,2-4H2,1H3. The van der Waals surface area contributed by atoms with E-state index in [2.05, 4.69) is 39.1 Å². The van der Waals surface area contributed by atoms with Gasteiger partial charge in [-0.15, -0.1) is 0 Å². The highest BCUT2D eigenvalue weighted by atomic mass is 79.9. The van der Waals surface area contributed by atoms with Gasteiger partial charge in [0, 0.05) is 5.56 Å². The quantitative estimate of drug-likeness (QED) is 0.677. The first-order valence-electron chi connectivity index (χ1n) is 6.86. The Bertz CT molecular complexity index is 820. The number of fused-ring (bicyclic) bond motifs is 2. The van der Waals surface area contributed by atoms with E-state index in [4.69, 9.17) is 5.10 Å². The molecule has 0 radical (unpaired) electrons. The first kappa shape index (κ1) is 12.1. The minimum absolute atomic E-state index is 0.874. The van der Waals surface area contributed by atoms with Crippen LogP contribution in [0.25, 0.3) is 16.9 Å². The monoisotopic (exact) mass is 327 g/mol. The predicted octanol–water partition coefficient (Wildman–Crippen LogP) is 3.96. The fourth-order valence-electron chi connectivity index (χ4n) is 2.90. The summed E-state index contributed by atoms with van der Waals surface area (Å²) in [5, 5.41) is 4.70. The zero-order valence-electron chi connectivity index (χ0n) is 11.2. The fraction of sp³-hybridized carbons (Fsp3) is 0.250. The number of imidazole rings is 1. The summed E-state index contributed by atoms with van der Waals surface area (Å²) in [6.45, 7) is 1.98. The molecule has 0 saturated carbocycles. The van der Waals surface area contributed by atoms with Crippen LogP contribution in [0, 0.1) is 6.92 Å². The van der Waals surface area contributed by atoms with E-state index < -0.39 is 0 Å². The third-order valence-corrected chi connectivity index (χ3v) is 4.89. The zero-order chi connectivity index (χ0) is 13.7. The molecule has 0 aliphatic heterocycles. The van der Waals surface area contributed by atoms with Gasteiger partial charge in [0.25, 0.3) is 0 Å². The van der Waals surface area contributed by atoms with Crippen molar-refractivity contribution in [2.24, 2.45) is 0 Å². The van der Waals surface area contributed by atoms with Gasteiger partial charge in [0.2, 0.25) is 0 Å². The maximum absolute atomic E-state index is 4.70. The van der Waals surface area contributed by atoms with Crippen LogP contribution in [0.3, 0.4) is 0 Å². The second kappa shape index (κ2) is 4.42. The average Bonchev–Trinajstić information content (AvgIpc) is 3.03. The van der Waals surface area contributed by atoms with Crippen molar-refractivity contribution in [2.45, 2.75) is 26.2 Å². The highest BCUT2D eigenvalue weighted by Gasteiger charge is 2.13. The fourth-order valence-corrected chi connectivity index (χ4v) is 3.25. The number of hydrogen-bond acceptors (Lipinski definition) is 2. The molecule has 0 bridgehead atoms. The summed E-state index contributed by atoms with van der Waals surface area (Å²) in [6.07, 6.45) is 3.69. The summed E-state index contributed by atoms with van der Waals surface area (Å²) >= 11 is 3.55. The van der Waals surface area contributed by atoms with Gasteiger partial charge in [0.15, 0.2) is 5.65 Å². The van der Waals surface area contributed by atoms with Crippen LogP contribution in [0.1, 0.15) is 23.2 Å². The topological polar surface area (TPSA) is 30.2 Å². The molecule has 4 heteroatoms. The molecule has 0 amide bonds. The molecule has 1 aliphatic rings. The van der Waals surface area contributed by atoms with E-state index in [-0.39, 0.29) is 0 Å². The molecule has 0 fully saturated rings. The summed E-state index contributed by atoms with van der Waals surface area (Å²) in [5.74, 6) is 0. The van der Waals surface area contributed by atoms with Crippen LogP contribution in [-0.2, 0) is 12.8 Å². The van der Waals surface area contributed by atoms with Gasteiger partial charge in [-0.3, -0.25) is 0 Å². The van der Waals surface area contributed by atoms with Gasteiger partial charge in [-0.2, -0.15) is 5.10 Å². The first-order chi connectivity index (χ1) is 9.72. The molecule has 100 valence electrons. The zero-order valence-corrected chi connectivity index (χ0v) is 12.8. The van der Waals surface area contributed by atoms with Crippen LogP contribution in [0.5, 0.6) is 0 Å². The van der Waals surface area contributed by atoms with E-state index in [0.29, 0.717) is 0 Å². The minimum atomic E-state index is 0.874. The van der Waals surface area contributed by atoms with Crippen molar-refractivity contribution in [3.8, 4) is 11.3 Å². The predicted molar refractivity (Wildman–Crippen MR) is 82.9 cm³/mol. The summed E-state index contributed by atoms with van der Waals surface area (Å²) in [7, 11) is 0. The molecule has 0 saturated heterocycles. The highest BCUT2D eigenvalue weighted by Crippen LogP contribution is 2.28. The van der Waals surface area contributed by atoms with Crippen molar-refractivity contribution in [3.05, 3.63) is 51.8 Å². The molecular weight excluding hydrogens is 314 g/mol. The lowest BCUT2D eigenvalue weighted by atomic mass is 10.0. The SMILES string of the molecule is Cc1nc2ccc(-c3ccc4c(c3)CCC4)nn2c1Br. The van der Waals surface area contributed by atoms with E-state index in [1.807, 2.05) is 23.6 Å². The van der Waals surface area contributed by atoms with Crippen molar-refractivity contribution in [2.75, 3.05) is 0 Å². The van der Waals surface area contributed by atoms with E-state index in [9.17, 15) is 0 Å². The molecule has 3 aromatic rings. The lowest BCUT2D eigenvalue weighted by Crippen LogP contribution is -1.95. The number of hydrogen-bond donors (Lipinski definition) is 0. The summed E-state index contributed by atoms with van der Waals surface area (Å²) in [4.78, 5) is 4.46. The number of aromatic nitrogens is 3. The van der Waals surface area contributed by atoms with Crippen LogP contribution in [0.2, 0.25) is 0 Å². The van der Waals surface area contributed by atoms with Crippen LogP contribution < -0.4 is 0 Å². The first-order valence-corrected chi connectivity index (χ1v) is 7.66. The molecule has 2 heterocycles. The molecule has 20 heavy (non-hydrogen) atoms. The smallest absolute Gasteiger partial charge is 0.155 e. The van der Waals surface area contributed by atoms with E-state index >= 15 is 0 Å². The Balaban J connectivity index is 1.87. The number of benzene rings is 1. The van der Waals surface area contributed by atoms with Gasteiger partial charge >= 0.3 is 0 Å². The molecular formula is C16H14BrN3.